The summed E-state index contributed by atoms with van der Waals surface area (Å²) >= 11 is 0. The predicted octanol–water partition coefficient (Wildman–Crippen LogP) is 0.534. The van der Waals surface area contributed by atoms with E-state index >= 15 is 0 Å². The van der Waals surface area contributed by atoms with Gasteiger partial charge >= 0.3 is 5.97 Å². The number of rotatable bonds is 3. The Hall–Kier alpha value is -0.570. The van der Waals surface area contributed by atoms with Gasteiger partial charge in [0.1, 0.15) is 0 Å². The number of esters is 1. The minimum absolute atomic E-state index is 0.116. The molecule has 2 atom stereocenters. The SMILES string of the molecule is CCOC(=O)[C@]1(CN)C[C@H]1C. The van der Waals surface area contributed by atoms with E-state index in [1.165, 1.54) is 0 Å². The largest absolute Gasteiger partial charge is 0.466 e. The molecule has 0 saturated heterocycles. The van der Waals surface area contributed by atoms with Crippen LogP contribution in [0.1, 0.15) is 20.3 Å². The van der Waals surface area contributed by atoms with Crippen molar-refractivity contribution < 1.29 is 9.53 Å². The van der Waals surface area contributed by atoms with Crippen LogP contribution in [0.5, 0.6) is 0 Å². The molecule has 1 aliphatic carbocycles. The second kappa shape index (κ2) is 2.81. The number of carbonyl (C=O) groups excluding carboxylic acids is 1. The van der Waals surface area contributed by atoms with Crippen LogP contribution in [0.15, 0.2) is 0 Å². The van der Waals surface area contributed by atoms with E-state index < -0.39 is 0 Å². The first-order valence-electron chi connectivity index (χ1n) is 4.04. The molecule has 3 nitrogen and oxygen atoms in total. The molecule has 64 valence electrons. The molecule has 0 unspecified atom stereocenters. The van der Waals surface area contributed by atoms with E-state index in [2.05, 4.69) is 0 Å². The minimum Gasteiger partial charge on any atom is -0.466 e. The van der Waals surface area contributed by atoms with Crippen LogP contribution in [0.25, 0.3) is 0 Å². The highest BCUT2D eigenvalue weighted by Crippen LogP contribution is 2.52. The molecule has 0 heterocycles. The zero-order chi connectivity index (χ0) is 8.48. The van der Waals surface area contributed by atoms with Crippen molar-refractivity contribution in [2.24, 2.45) is 17.1 Å². The lowest BCUT2D eigenvalue weighted by Gasteiger charge is -2.11. The van der Waals surface area contributed by atoms with Crippen molar-refractivity contribution in [2.75, 3.05) is 13.2 Å². The molecule has 0 radical (unpaired) electrons. The average Bonchev–Trinajstić information content (AvgIpc) is 2.63. The monoisotopic (exact) mass is 157 g/mol. The second-order valence-electron chi connectivity index (χ2n) is 3.19. The van der Waals surface area contributed by atoms with Gasteiger partial charge < -0.3 is 10.5 Å². The lowest BCUT2D eigenvalue weighted by molar-refractivity contribution is -0.149. The van der Waals surface area contributed by atoms with Gasteiger partial charge in [0, 0.05) is 6.54 Å². The average molecular weight is 157 g/mol. The van der Waals surface area contributed by atoms with Gasteiger partial charge in [-0.05, 0) is 19.3 Å². The summed E-state index contributed by atoms with van der Waals surface area (Å²) in [5.41, 5.74) is 5.17. The fraction of sp³-hybridized carbons (Fsp3) is 0.875. The summed E-state index contributed by atoms with van der Waals surface area (Å²) in [6, 6.07) is 0. The summed E-state index contributed by atoms with van der Waals surface area (Å²) in [5.74, 6) is 0.293. The highest BCUT2D eigenvalue weighted by Gasteiger charge is 2.57. The van der Waals surface area contributed by atoms with Gasteiger partial charge in [-0.1, -0.05) is 6.92 Å². The predicted molar refractivity (Wildman–Crippen MR) is 41.9 cm³/mol. The number of nitrogens with two attached hydrogens (primary N) is 1. The van der Waals surface area contributed by atoms with E-state index in [9.17, 15) is 4.79 Å². The van der Waals surface area contributed by atoms with Crippen LogP contribution in [0, 0.1) is 11.3 Å². The van der Waals surface area contributed by atoms with Crippen LogP contribution in [0.3, 0.4) is 0 Å². The maximum Gasteiger partial charge on any atom is 0.313 e. The maximum absolute atomic E-state index is 11.3. The molecule has 0 spiro atoms. The lowest BCUT2D eigenvalue weighted by atomic mass is 10.1. The quantitative estimate of drug-likeness (QED) is 0.608. The Bertz CT molecular complexity index is 165. The summed E-state index contributed by atoms with van der Waals surface area (Å²) < 4.78 is 4.91. The van der Waals surface area contributed by atoms with E-state index in [1.54, 1.807) is 0 Å². The first-order valence-corrected chi connectivity index (χ1v) is 4.04. The summed E-state index contributed by atoms with van der Waals surface area (Å²) in [7, 11) is 0. The molecule has 0 aliphatic heterocycles. The molecule has 0 bridgehead atoms. The maximum atomic E-state index is 11.3. The van der Waals surface area contributed by atoms with Gasteiger partial charge in [0.25, 0.3) is 0 Å². The van der Waals surface area contributed by atoms with Gasteiger partial charge in [-0.3, -0.25) is 4.79 Å². The molecule has 0 aromatic rings. The molecule has 0 aromatic carbocycles. The second-order valence-corrected chi connectivity index (χ2v) is 3.19. The molecule has 11 heavy (non-hydrogen) atoms. The third kappa shape index (κ3) is 1.25. The molecule has 3 heteroatoms. The summed E-state index contributed by atoms with van der Waals surface area (Å²) in [4.78, 5) is 11.3. The number of ether oxygens (including phenoxy) is 1. The summed E-state index contributed by atoms with van der Waals surface area (Å²) in [5, 5.41) is 0. The van der Waals surface area contributed by atoms with Crippen LogP contribution in [-0.2, 0) is 9.53 Å². The van der Waals surface area contributed by atoms with Crippen molar-refractivity contribution >= 4 is 5.97 Å². The van der Waals surface area contributed by atoms with Crippen LogP contribution < -0.4 is 5.73 Å². The minimum atomic E-state index is -0.323. The first-order chi connectivity index (χ1) is 5.17. The number of hydrogen-bond donors (Lipinski definition) is 1. The number of carbonyl (C=O) groups is 1. The summed E-state index contributed by atoms with van der Waals surface area (Å²) in [6.45, 7) is 4.72. The molecule has 2 N–H and O–H groups in total. The van der Waals surface area contributed by atoms with Gasteiger partial charge in [0.2, 0.25) is 0 Å². The highest BCUT2D eigenvalue weighted by molar-refractivity contribution is 5.80. The van der Waals surface area contributed by atoms with Crippen LogP contribution in [-0.4, -0.2) is 19.1 Å². The van der Waals surface area contributed by atoms with E-state index in [0.29, 0.717) is 19.1 Å². The van der Waals surface area contributed by atoms with Crippen molar-refractivity contribution in [2.45, 2.75) is 20.3 Å². The molecule has 1 rings (SSSR count). The van der Waals surface area contributed by atoms with Gasteiger partial charge in [0.05, 0.1) is 12.0 Å². The highest BCUT2D eigenvalue weighted by atomic mass is 16.5. The van der Waals surface area contributed by atoms with E-state index in [-0.39, 0.29) is 11.4 Å². The lowest BCUT2D eigenvalue weighted by Crippen LogP contribution is -2.29. The van der Waals surface area contributed by atoms with Crippen LogP contribution in [0.2, 0.25) is 0 Å². The third-order valence-electron chi connectivity index (χ3n) is 2.50. The van der Waals surface area contributed by atoms with Crippen molar-refractivity contribution in [3.8, 4) is 0 Å². The van der Waals surface area contributed by atoms with Crippen molar-refractivity contribution in [1.29, 1.82) is 0 Å². The normalized spacial score (nSPS) is 35.0. The Morgan fingerprint density at radius 3 is 2.64 bits per heavy atom. The number of hydrogen-bond acceptors (Lipinski definition) is 3. The Kier molecular flexibility index (Phi) is 2.18. The zero-order valence-corrected chi connectivity index (χ0v) is 7.09. The molecule has 1 aliphatic rings. The van der Waals surface area contributed by atoms with Crippen LogP contribution >= 0.6 is 0 Å². The first kappa shape index (κ1) is 8.53. The van der Waals surface area contributed by atoms with Gasteiger partial charge in [-0.25, -0.2) is 0 Å². The van der Waals surface area contributed by atoms with E-state index in [1.807, 2.05) is 13.8 Å². The molecular formula is C8H15NO2. The fourth-order valence-electron chi connectivity index (χ4n) is 1.41. The van der Waals surface area contributed by atoms with E-state index in [4.69, 9.17) is 10.5 Å². The van der Waals surface area contributed by atoms with Gasteiger partial charge in [-0.2, -0.15) is 0 Å². The van der Waals surface area contributed by atoms with Gasteiger partial charge in [0.15, 0.2) is 0 Å². The molecular weight excluding hydrogens is 142 g/mol. The van der Waals surface area contributed by atoms with Crippen molar-refractivity contribution in [3.05, 3.63) is 0 Å². The van der Waals surface area contributed by atoms with Crippen molar-refractivity contribution in [3.63, 3.8) is 0 Å². The standard InChI is InChI=1S/C8H15NO2/c1-3-11-7(10)8(5-9)4-6(8)2/h6H,3-5,9H2,1-2H3/t6-,8+/m1/s1. The summed E-state index contributed by atoms with van der Waals surface area (Å²) in [6.07, 6.45) is 0.891. The molecule has 1 fully saturated rings. The molecule has 0 aromatic heterocycles. The Balaban J connectivity index is 2.51. The zero-order valence-electron chi connectivity index (χ0n) is 7.09. The molecule has 1 saturated carbocycles. The third-order valence-corrected chi connectivity index (χ3v) is 2.50. The van der Waals surface area contributed by atoms with Crippen LogP contribution in [0.4, 0.5) is 0 Å². The Morgan fingerprint density at radius 1 is 1.82 bits per heavy atom. The topological polar surface area (TPSA) is 52.3 Å². The Labute approximate surface area is 66.9 Å². The van der Waals surface area contributed by atoms with E-state index in [0.717, 1.165) is 6.42 Å². The Morgan fingerprint density at radius 2 is 2.36 bits per heavy atom. The molecule has 0 amide bonds. The van der Waals surface area contributed by atoms with Crippen molar-refractivity contribution in [1.82, 2.24) is 0 Å². The van der Waals surface area contributed by atoms with Gasteiger partial charge in [-0.15, -0.1) is 0 Å². The fourth-order valence-corrected chi connectivity index (χ4v) is 1.41. The smallest absolute Gasteiger partial charge is 0.313 e.